The Labute approximate surface area is 163 Å². The molecule has 0 atom stereocenters. The van der Waals surface area contributed by atoms with Gasteiger partial charge in [-0.05, 0) is 55.3 Å². The van der Waals surface area contributed by atoms with Crippen LogP contribution in [0.5, 0.6) is 5.75 Å². The van der Waals surface area contributed by atoms with Gasteiger partial charge < -0.3 is 15.0 Å². The number of hydrogen-bond donors (Lipinski definition) is 1. The Morgan fingerprint density at radius 3 is 2.62 bits per heavy atom. The van der Waals surface area contributed by atoms with Crippen molar-refractivity contribution < 1.29 is 9.53 Å². The summed E-state index contributed by atoms with van der Waals surface area (Å²) in [5.41, 5.74) is 1.86. The van der Waals surface area contributed by atoms with E-state index in [1.54, 1.807) is 18.9 Å². The standard InChI is InChI=1S/C20H23ClN2O2S/c1-25-16-5-7-17(8-6-16)26-13-10-20(24)22-18-14-15(21)4-9-19(18)23-11-2-3-12-23/h4-9,14H,2-3,10-13H2,1H3,(H,22,24). The molecule has 1 fully saturated rings. The lowest BCUT2D eigenvalue weighted by Crippen LogP contribution is -2.21. The first-order valence-corrected chi connectivity index (χ1v) is 10.1. The third-order valence-corrected chi connectivity index (χ3v) is 5.59. The zero-order chi connectivity index (χ0) is 18.4. The molecule has 2 aromatic rings. The molecule has 138 valence electrons. The summed E-state index contributed by atoms with van der Waals surface area (Å²) in [4.78, 5) is 15.8. The maximum atomic E-state index is 12.4. The highest BCUT2D eigenvalue weighted by Crippen LogP contribution is 2.32. The number of hydrogen-bond acceptors (Lipinski definition) is 4. The zero-order valence-corrected chi connectivity index (χ0v) is 16.4. The average Bonchev–Trinajstić information content (AvgIpc) is 3.17. The number of amides is 1. The first-order chi connectivity index (χ1) is 12.7. The molecule has 0 spiro atoms. The van der Waals surface area contributed by atoms with E-state index in [9.17, 15) is 4.79 Å². The molecule has 2 aromatic carbocycles. The van der Waals surface area contributed by atoms with Crippen LogP contribution in [-0.2, 0) is 4.79 Å². The minimum atomic E-state index is 0.00808. The van der Waals surface area contributed by atoms with Crippen molar-refractivity contribution in [2.24, 2.45) is 0 Å². The van der Waals surface area contributed by atoms with E-state index in [4.69, 9.17) is 16.3 Å². The van der Waals surface area contributed by atoms with Crippen molar-refractivity contribution in [2.45, 2.75) is 24.2 Å². The predicted octanol–water partition coefficient (Wildman–Crippen LogP) is 5.07. The van der Waals surface area contributed by atoms with Gasteiger partial charge in [0.15, 0.2) is 0 Å². The largest absolute Gasteiger partial charge is 0.497 e. The highest BCUT2D eigenvalue weighted by Gasteiger charge is 2.17. The van der Waals surface area contributed by atoms with Crippen molar-refractivity contribution in [2.75, 3.05) is 36.2 Å². The summed E-state index contributed by atoms with van der Waals surface area (Å²) in [6.07, 6.45) is 2.83. The van der Waals surface area contributed by atoms with Gasteiger partial charge in [-0.1, -0.05) is 11.6 Å². The second-order valence-electron chi connectivity index (χ2n) is 6.18. The molecule has 0 radical (unpaired) electrons. The Morgan fingerprint density at radius 2 is 1.92 bits per heavy atom. The summed E-state index contributed by atoms with van der Waals surface area (Å²) in [5, 5.41) is 3.67. The molecular formula is C20H23ClN2O2S. The first-order valence-electron chi connectivity index (χ1n) is 8.77. The number of ether oxygens (including phenoxy) is 1. The van der Waals surface area contributed by atoms with E-state index in [0.717, 1.165) is 40.9 Å². The van der Waals surface area contributed by atoms with Crippen LogP contribution in [0.1, 0.15) is 19.3 Å². The molecule has 1 N–H and O–H groups in total. The number of rotatable bonds is 7. The van der Waals surface area contributed by atoms with Crippen molar-refractivity contribution in [1.82, 2.24) is 0 Å². The maximum Gasteiger partial charge on any atom is 0.225 e. The molecule has 1 aliphatic heterocycles. The zero-order valence-electron chi connectivity index (χ0n) is 14.8. The van der Waals surface area contributed by atoms with Crippen LogP contribution in [0, 0.1) is 0 Å². The van der Waals surface area contributed by atoms with Gasteiger partial charge in [0.05, 0.1) is 18.5 Å². The fraction of sp³-hybridized carbons (Fsp3) is 0.350. The summed E-state index contributed by atoms with van der Waals surface area (Å²) >= 11 is 7.79. The summed E-state index contributed by atoms with van der Waals surface area (Å²) in [6.45, 7) is 2.05. The van der Waals surface area contributed by atoms with Crippen molar-refractivity contribution >= 4 is 40.6 Å². The second kappa shape index (κ2) is 9.19. The maximum absolute atomic E-state index is 12.4. The molecule has 0 saturated carbocycles. The molecule has 1 amide bonds. The van der Waals surface area contributed by atoms with E-state index < -0.39 is 0 Å². The van der Waals surface area contributed by atoms with Crippen molar-refractivity contribution in [3.63, 3.8) is 0 Å². The Morgan fingerprint density at radius 1 is 1.19 bits per heavy atom. The summed E-state index contributed by atoms with van der Waals surface area (Å²) in [5.74, 6) is 1.56. The van der Waals surface area contributed by atoms with Gasteiger partial charge >= 0.3 is 0 Å². The van der Waals surface area contributed by atoms with Gasteiger partial charge in [0.2, 0.25) is 5.91 Å². The minimum Gasteiger partial charge on any atom is -0.497 e. The van der Waals surface area contributed by atoms with E-state index in [1.807, 2.05) is 42.5 Å². The van der Waals surface area contributed by atoms with E-state index in [-0.39, 0.29) is 5.91 Å². The number of nitrogens with one attached hydrogen (secondary N) is 1. The van der Waals surface area contributed by atoms with Crippen molar-refractivity contribution in [1.29, 1.82) is 0 Å². The number of methoxy groups -OCH3 is 1. The van der Waals surface area contributed by atoms with Crippen LogP contribution in [0.3, 0.4) is 0 Å². The van der Waals surface area contributed by atoms with Crippen LogP contribution in [-0.4, -0.2) is 31.9 Å². The smallest absolute Gasteiger partial charge is 0.225 e. The van der Waals surface area contributed by atoms with Crippen LogP contribution in [0.2, 0.25) is 5.02 Å². The third kappa shape index (κ3) is 5.08. The molecule has 6 heteroatoms. The number of benzene rings is 2. The molecule has 0 bridgehead atoms. The van der Waals surface area contributed by atoms with Crippen LogP contribution < -0.4 is 15.0 Å². The SMILES string of the molecule is COc1ccc(SCCC(=O)Nc2cc(Cl)ccc2N2CCCC2)cc1. The van der Waals surface area contributed by atoms with Crippen LogP contribution >= 0.6 is 23.4 Å². The molecule has 1 aliphatic rings. The Bertz CT molecular complexity index is 746. The van der Waals surface area contributed by atoms with Gasteiger partial charge in [0.25, 0.3) is 0 Å². The van der Waals surface area contributed by atoms with E-state index >= 15 is 0 Å². The van der Waals surface area contributed by atoms with E-state index in [0.29, 0.717) is 11.4 Å². The molecule has 3 rings (SSSR count). The molecule has 1 saturated heterocycles. The number of thioether (sulfide) groups is 1. The lowest BCUT2D eigenvalue weighted by atomic mass is 10.2. The fourth-order valence-electron chi connectivity index (χ4n) is 2.99. The topological polar surface area (TPSA) is 41.6 Å². The highest BCUT2D eigenvalue weighted by atomic mass is 35.5. The summed E-state index contributed by atoms with van der Waals surface area (Å²) in [7, 11) is 1.65. The van der Waals surface area contributed by atoms with Gasteiger partial charge in [0.1, 0.15) is 5.75 Å². The molecule has 1 heterocycles. The van der Waals surface area contributed by atoms with E-state index in [1.165, 1.54) is 12.8 Å². The summed E-state index contributed by atoms with van der Waals surface area (Å²) in [6, 6.07) is 13.6. The monoisotopic (exact) mass is 390 g/mol. The summed E-state index contributed by atoms with van der Waals surface area (Å²) < 4.78 is 5.15. The molecule has 4 nitrogen and oxygen atoms in total. The lowest BCUT2D eigenvalue weighted by Gasteiger charge is -2.21. The van der Waals surface area contributed by atoms with E-state index in [2.05, 4.69) is 10.2 Å². The lowest BCUT2D eigenvalue weighted by molar-refractivity contribution is -0.115. The molecule has 0 unspecified atom stereocenters. The number of carbonyl (C=O) groups is 1. The number of nitrogens with zero attached hydrogens (tertiary/aromatic N) is 1. The quantitative estimate of drug-likeness (QED) is 0.670. The van der Waals surface area contributed by atoms with Gasteiger partial charge in [-0.3, -0.25) is 4.79 Å². The molecule has 26 heavy (non-hydrogen) atoms. The number of halogens is 1. The minimum absolute atomic E-state index is 0.00808. The van der Waals surface area contributed by atoms with Crippen LogP contribution in [0.25, 0.3) is 0 Å². The van der Waals surface area contributed by atoms with Crippen LogP contribution in [0.15, 0.2) is 47.4 Å². The number of carbonyl (C=O) groups excluding carboxylic acids is 1. The Balaban J connectivity index is 1.55. The van der Waals surface area contributed by atoms with Gasteiger partial charge in [0, 0.05) is 35.2 Å². The Kier molecular flexibility index (Phi) is 6.69. The van der Waals surface area contributed by atoms with Crippen molar-refractivity contribution in [3.05, 3.63) is 47.5 Å². The van der Waals surface area contributed by atoms with Crippen LogP contribution in [0.4, 0.5) is 11.4 Å². The molecular weight excluding hydrogens is 368 g/mol. The normalized spacial score (nSPS) is 13.7. The third-order valence-electron chi connectivity index (χ3n) is 4.34. The average molecular weight is 391 g/mol. The first kappa shape index (κ1) is 18.9. The number of anilines is 2. The van der Waals surface area contributed by atoms with Gasteiger partial charge in [-0.25, -0.2) is 0 Å². The van der Waals surface area contributed by atoms with Gasteiger partial charge in [-0.15, -0.1) is 11.8 Å². The predicted molar refractivity (Wildman–Crippen MR) is 110 cm³/mol. The van der Waals surface area contributed by atoms with Gasteiger partial charge in [-0.2, -0.15) is 0 Å². The second-order valence-corrected chi connectivity index (χ2v) is 7.78. The fourth-order valence-corrected chi connectivity index (χ4v) is 4.01. The molecule has 0 aliphatic carbocycles. The van der Waals surface area contributed by atoms with Crippen molar-refractivity contribution in [3.8, 4) is 5.75 Å². The Hall–Kier alpha value is -1.85. The highest BCUT2D eigenvalue weighted by molar-refractivity contribution is 7.99. The molecule has 0 aromatic heterocycles.